The molecule has 0 unspecified atom stereocenters. The van der Waals surface area contributed by atoms with Gasteiger partial charge in [0.1, 0.15) is 5.52 Å². The molecule has 0 bridgehead atoms. The summed E-state index contributed by atoms with van der Waals surface area (Å²) < 4.78 is 0. The highest BCUT2D eigenvalue weighted by molar-refractivity contribution is 6.01. The summed E-state index contributed by atoms with van der Waals surface area (Å²) >= 11 is 0. The Balaban J connectivity index is 1.87. The molecule has 0 saturated carbocycles. The first-order valence-corrected chi connectivity index (χ1v) is 6.79. The van der Waals surface area contributed by atoms with Crippen LogP contribution >= 0.6 is 0 Å². The largest absolute Gasteiger partial charge is 0.478 e. The molecule has 0 aliphatic carbocycles. The van der Waals surface area contributed by atoms with Gasteiger partial charge in [0.2, 0.25) is 11.9 Å². The first-order chi connectivity index (χ1) is 10.1. The van der Waals surface area contributed by atoms with Crippen LogP contribution in [0.2, 0.25) is 0 Å². The monoisotopic (exact) mass is 288 g/mol. The number of anilines is 1. The molecule has 1 amide bonds. The molecular formula is C14H16N4O3. The van der Waals surface area contributed by atoms with Gasteiger partial charge in [-0.05, 0) is 12.1 Å². The number of aromatic carboxylic acids is 1. The number of imidazole rings is 1. The average molecular weight is 288 g/mol. The number of benzene rings is 1. The van der Waals surface area contributed by atoms with E-state index in [2.05, 4.69) is 9.97 Å². The summed E-state index contributed by atoms with van der Waals surface area (Å²) in [4.78, 5) is 33.9. The number of nitrogens with one attached hydrogen (secondary N) is 1. The maximum Gasteiger partial charge on any atom is 0.337 e. The van der Waals surface area contributed by atoms with Crippen molar-refractivity contribution in [1.29, 1.82) is 0 Å². The van der Waals surface area contributed by atoms with E-state index in [0.29, 0.717) is 43.2 Å². The summed E-state index contributed by atoms with van der Waals surface area (Å²) in [5.74, 6) is -0.255. The molecule has 0 spiro atoms. The van der Waals surface area contributed by atoms with Crippen molar-refractivity contribution in [1.82, 2.24) is 14.9 Å². The maximum atomic E-state index is 11.3. The van der Waals surface area contributed by atoms with Crippen LogP contribution in [0.3, 0.4) is 0 Å². The van der Waals surface area contributed by atoms with Gasteiger partial charge in [-0.15, -0.1) is 0 Å². The van der Waals surface area contributed by atoms with E-state index in [4.69, 9.17) is 0 Å². The molecule has 1 fully saturated rings. The number of hydrogen-bond donors (Lipinski definition) is 2. The van der Waals surface area contributed by atoms with Gasteiger partial charge in [-0.2, -0.15) is 0 Å². The minimum Gasteiger partial charge on any atom is -0.478 e. The molecule has 2 N–H and O–H groups in total. The van der Waals surface area contributed by atoms with Crippen LogP contribution in [0.5, 0.6) is 0 Å². The van der Waals surface area contributed by atoms with Gasteiger partial charge in [-0.25, -0.2) is 9.78 Å². The van der Waals surface area contributed by atoms with Gasteiger partial charge in [0, 0.05) is 33.1 Å². The highest BCUT2D eigenvalue weighted by Crippen LogP contribution is 2.21. The fourth-order valence-electron chi connectivity index (χ4n) is 2.57. The van der Waals surface area contributed by atoms with Crippen molar-refractivity contribution in [3.05, 3.63) is 23.8 Å². The number of para-hydroxylation sites is 1. The van der Waals surface area contributed by atoms with Crippen molar-refractivity contribution >= 4 is 28.9 Å². The highest BCUT2D eigenvalue weighted by atomic mass is 16.4. The molecule has 0 atom stereocenters. The Kier molecular flexibility index (Phi) is 3.25. The topological polar surface area (TPSA) is 89.5 Å². The molecule has 21 heavy (non-hydrogen) atoms. The fourth-order valence-corrected chi connectivity index (χ4v) is 2.57. The van der Waals surface area contributed by atoms with Gasteiger partial charge >= 0.3 is 5.97 Å². The molecule has 2 aromatic rings. The zero-order chi connectivity index (χ0) is 15.0. The smallest absolute Gasteiger partial charge is 0.337 e. The van der Waals surface area contributed by atoms with Crippen LogP contribution in [0.4, 0.5) is 5.95 Å². The van der Waals surface area contributed by atoms with Crippen LogP contribution < -0.4 is 4.90 Å². The van der Waals surface area contributed by atoms with Crippen LogP contribution in [0.15, 0.2) is 18.2 Å². The van der Waals surface area contributed by atoms with Gasteiger partial charge in [0.25, 0.3) is 0 Å². The fraction of sp³-hybridized carbons (Fsp3) is 0.357. The second kappa shape index (κ2) is 5.08. The van der Waals surface area contributed by atoms with E-state index in [1.165, 1.54) is 0 Å². The lowest BCUT2D eigenvalue weighted by atomic mass is 10.2. The SMILES string of the molecule is CC(=O)N1CCN(c2nc3c(C(=O)O)cccc3[nH]2)CC1. The summed E-state index contributed by atoms with van der Waals surface area (Å²) in [5.41, 5.74) is 1.37. The Morgan fingerprint density at radius 1 is 1.24 bits per heavy atom. The molecule has 1 saturated heterocycles. The first kappa shape index (κ1) is 13.4. The number of piperazine rings is 1. The molecule has 7 nitrogen and oxygen atoms in total. The standard InChI is InChI=1S/C14H16N4O3/c1-9(19)17-5-7-18(8-6-17)14-15-11-4-2-3-10(13(20)21)12(11)16-14/h2-4H,5-8H2,1H3,(H,15,16)(H,20,21). The van der Waals surface area contributed by atoms with Crippen molar-refractivity contribution in [3.63, 3.8) is 0 Å². The molecule has 2 heterocycles. The zero-order valence-corrected chi connectivity index (χ0v) is 11.7. The van der Waals surface area contributed by atoms with E-state index in [-0.39, 0.29) is 11.5 Å². The molecular weight excluding hydrogens is 272 g/mol. The van der Waals surface area contributed by atoms with Crippen LogP contribution in [0, 0.1) is 0 Å². The second-order valence-corrected chi connectivity index (χ2v) is 5.06. The number of H-pyrrole nitrogens is 1. The van der Waals surface area contributed by atoms with E-state index < -0.39 is 5.97 Å². The Labute approximate surface area is 121 Å². The van der Waals surface area contributed by atoms with Crippen LogP contribution in [-0.4, -0.2) is 58.0 Å². The molecule has 1 aliphatic heterocycles. The molecule has 7 heteroatoms. The summed E-state index contributed by atoms with van der Waals surface area (Å²) in [6.45, 7) is 4.23. The number of rotatable bonds is 2. The Morgan fingerprint density at radius 2 is 1.95 bits per heavy atom. The third-order valence-electron chi connectivity index (χ3n) is 3.76. The number of nitrogens with zero attached hydrogens (tertiary/aromatic N) is 3. The van der Waals surface area contributed by atoms with E-state index in [0.717, 1.165) is 0 Å². The number of aromatic amines is 1. The third-order valence-corrected chi connectivity index (χ3v) is 3.76. The minimum atomic E-state index is -0.986. The highest BCUT2D eigenvalue weighted by Gasteiger charge is 2.21. The number of aromatic nitrogens is 2. The minimum absolute atomic E-state index is 0.0763. The summed E-state index contributed by atoms with van der Waals surface area (Å²) in [5, 5.41) is 9.19. The van der Waals surface area contributed by atoms with Gasteiger partial charge in [0.15, 0.2) is 0 Å². The number of carbonyl (C=O) groups excluding carboxylic acids is 1. The van der Waals surface area contributed by atoms with E-state index in [9.17, 15) is 14.7 Å². The van der Waals surface area contributed by atoms with Crippen molar-refractivity contribution in [3.8, 4) is 0 Å². The summed E-state index contributed by atoms with van der Waals surface area (Å²) in [6, 6.07) is 5.05. The number of carbonyl (C=O) groups is 2. The second-order valence-electron chi connectivity index (χ2n) is 5.06. The maximum absolute atomic E-state index is 11.3. The predicted molar refractivity (Wildman–Crippen MR) is 77.5 cm³/mol. The van der Waals surface area contributed by atoms with Crippen molar-refractivity contribution in [2.75, 3.05) is 31.1 Å². The quantitative estimate of drug-likeness (QED) is 0.858. The van der Waals surface area contributed by atoms with Crippen molar-refractivity contribution in [2.45, 2.75) is 6.92 Å². The molecule has 1 aliphatic rings. The molecule has 1 aromatic carbocycles. The van der Waals surface area contributed by atoms with Crippen molar-refractivity contribution < 1.29 is 14.7 Å². The molecule has 1 aromatic heterocycles. The van der Waals surface area contributed by atoms with Gasteiger partial charge in [0.05, 0.1) is 11.1 Å². The van der Waals surface area contributed by atoms with Crippen LogP contribution in [-0.2, 0) is 4.79 Å². The lowest BCUT2D eigenvalue weighted by Gasteiger charge is -2.33. The normalized spacial score (nSPS) is 15.5. The molecule has 0 radical (unpaired) electrons. The lowest BCUT2D eigenvalue weighted by Crippen LogP contribution is -2.48. The lowest BCUT2D eigenvalue weighted by molar-refractivity contribution is -0.129. The average Bonchev–Trinajstić information content (AvgIpc) is 2.90. The number of hydrogen-bond acceptors (Lipinski definition) is 4. The predicted octanol–water partition coefficient (Wildman–Crippen LogP) is 0.930. The van der Waals surface area contributed by atoms with Gasteiger partial charge in [-0.3, -0.25) is 4.79 Å². The molecule has 110 valence electrons. The zero-order valence-electron chi connectivity index (χ0n) is 11.7. The van der Waals surface area contributed by atoms with Gasteiger partial charge in [-0.1, -0.05) is 6.07 Å². The third kappa shape index (κ3) is 2.42. The van der Waals surface area contributed by atoms with E-state index in [1.54, 1.807) is 24.0 Å². The Morgan fingerprint density at radius 3 is 2.57 bits per heavy atom. The van der Waals surface area contributed by atoms with Crippen LogP contribution in [0.1, 0.15) is 17.3 Å². The Hall–Kier alpha value is -2.57. The molecule has 3 rings (SSSR count). The van der Waals surface area contributed by atoms with Crippen LogP contribution in [0.25, 0.3) is 11.0 Å². The number of carboxylic acid groups (broad SMARTS) is 1. The summed E-state index contributed by atoms with van der Waals surface area (Å²) in [7, 11) is 0. The Bertz CT molecular complexity index is 701. The number of fused-ring (bicyclic) bond motifs is 1. The number of carboxylic acids is 1. The van der Waals surface area contributed by atoms with E-state index in [1.807, 2.05) is 11.0 Å². The summed E-state index contributed by atoms with van der Waals surface area (Å²) in [6.07, 6.45) is 0. The van der Waals surface area contributed by atoms with Gasteiger partial charge < -0.3 is 19.9 Å². The van der Waals surface area contributed by atoms with Crippen molar-refractivity contribution in [2.24, 2.45) is 0 Å². The first-order valence-electron chi connectivity index (χ1n) is 6.79. The van der Waals surface area contributed by atoms with E-state index >= 15 is 0 Å². The number of amides is 1.